The van der Waals surface area contributed by atoms with Crippen molar-refractivity contribution < 1.29 is 44.5 Å². The zero-order valence-electron chi connectivity index (χ0n) is 19.5. The van der Waals surface area contributed by atoms with E-state index in [1.54, 1.807) is 0 Å². The molecule has 0 aliphatic heterocycles. The molecule has 2 aromatic rings. The number of halogens is 10. The molecule has 0 aliphatic carbocycles. The third kappa shape index (κ3) is 6.62. The molecule has 0 saturated carbocycles. The van der Waals surface area contributed by atoms with E-state index in [1.807, 2.05) is 0 Å². The van der Waals surface area contributed by atoms with Gasteiger partial charge in [0.25, 0.3) is 0 Å². The molecule has 0 bridgehead atoms. The van der Waals surface area contributed by atoms with E-state index in [2.05, 4.69) is 0 Å². The van der Waals surface area contributed by atoms with E-state index in [0.29, 0.717) is 11.1 Å². The van der Waals surface area contributed by atoms with Crippen LogP contribution in [0.2, 0.25) is 15.1 Å². The minimum Gasteiger partial charge on any atom is -0.308 e. The van der Waals surface area contributed by atoms with Crippen LogP contribution >= 0.6 is 34.8 Å². The van der Waals surface area contributed by atoms with Crippen molar-refractivity contribution in [3.63, 3.8) is 0 Å². The second-order valence-corrected chi connectivity index (χ2v) is 11.5. The fourth-order valence-electron chi connectivity index (χ4n) is 3.27. The predicted molar refractivity (Wildman–Crippen MR) is 132 cm³/mol. The molecule has 0 saturated heterocycles. The summed E-state index contributed by atoms with van der Waals surface area (Å²) in [5.41, 5.74) is -6.83. The number of quaternary nitrogens is 1. The monoisotopic (exact) mass is 628 g/mol. The van der Waals surface area contributed by atoms with Crippen LogP contribution in [0.3, 0.4) is 0 Å². The van der Waals surface area contributed by atoms with Crippen LogP contribution in [0, 0.1) is 5.41 Å². The summed E-state index contributed by atoms with van der Waals surface area (Å²) >= 11 is 18.0. The zero-order valence-corrected chi connectivity index (χ0v) is 22.6. The molecule has 2 aromatic carbocycles. The Kier molecular flexibility index (Phi) is 9.94. The van der Waals surface area contributed by atoms with E-state index >= 15 is 0 Å². The molecule has 2 rings (SSSR count). The molecule has 0 amide bonds. The molecule has 5 nitrogen and oxygen atoms in total. The molecular formula is C22H20Cl3F7N3O2S+. The maximum absolute atomic E-state index is 14.4. The summed E-state index contributed by atoms with van der Waals surface area (Å²) in [6.45, 7) is 1.39. The van der Waals surface area contributed by atoms with Crippen molar-refractivity contribution in [1.82, 2.24) is 4.31 Å². The SMILES string of the molecule is CCS(=O)(=O)N(C)Cc1cc(C(C=N)=C[NH2+]c2c(Cl)cc(C(F)(C(F)(F)F)C(F)(F)F)cc2Cl)ccc1Cl. The Morgan fingerprint density at radius 2 is 1.50 bits per heavy atom. The molecule has 210 valence electrons. The van der Waals surface area contributed by atoms with Gasteiger partial charge < -0.3 is 5.41 Å². The number of nitrogens with zero attached hydrogens (tertiary/aromatic N) is 1. The van der Waals surface area contributed by atoms with E-state index in [4.69, 9.17) is 40.2 Å². The average Bonchev–Trinajstić information content (AvgIpc) is 2.80. The Labute approximate surface area is 228 Å². The zero-order chi connectivity index (χ0) is 29.3. The normalized spacial score (nSPS) is 13.8. The minimum absolute atomic E-state index is 0.0830. The Hall–Kier alpha value is -1.90. The summed E-state index contributed by atoms with van der Waals surface area (Å²) in [6.07, 6.45) is -10.6. The molecule has 0 unspecified atom stereocenters. The van der Waals surface area contributed by atoms with E-state index in [9.17, 15) is 39.2 Å². The quantitative estimate of drug-likeness (QED) is 0.186. The van der Waals surface area contributed by atoms with E-state index in [1.165, 1.54) is 38.4 Å². The third-order valence-electron chi connectivity index (χ3n) is 5.45. The first-order valence-corrected chi connectivity index (χ1v) is 13.1. The Bertz CT molecular complexity index is 1310. The molecule has 3 N–H and O–H groups in total. The molecular weight excluding hydrogens is 610 g/mol. The van der Waals surface area contributed by atoms with Crippen LogP contribution in [0.4, 0.5) is 36.4 Å². The van der Waals surface area contributed by atoms with Crippen LogP contribution in [0.1, 0.15) is 23.6 Å². The van der Waals surface area contributed by atoms with Crippen molar-refractivity contribution in [1.29, 1.82) is 5.41 Å². The highest BCUT2D eigenvalue weighted by atomic mass is 35.5. The van der Waals surface area contributed by atoms with E-state index < -0.39 is 43.7 Å². The summed E-state index contributed by atoms with van der Waals surface area (Å²) in [6, 6.07) is 4.83. The van der Waals surface area contributed by atoms with Crippen molar-refractivity contribution in [2.75, 3.05) is 12.8 Å². The lowest BCUT2D eigenvalue weighted by atomic mass is 9.94. The van der Waals surface area contributed by atoms with Gasteiger partial charge in [0, 0.05) is 30.4 Å². The maximum atomic E-state index is 14.4. The number of rotatable bonds is 9. The topological polar surface area (TPSA) is 77.8 Å². The molecule has 0 atom stereocenters. The van der Waals surface area contributed by atoms with Gasteiger partial charge in [-0.2, -0.15) is 26.3 Å². The summed E-state index contributed by atoms with van der Waals surface area (Å²) in [5.74, 6) is -0.142. The second-order valence-electron chi connectivity index (χ2n) is 7.90. The van der Waals surface area contributed by atoms with Crippen LogP contribution in [0.15, 0.2) is 36.5 Å². The predicted octanol–water partition coefficient (Wildman–Crippen LogP) is 6.60. The molecule has 0 heterocycles. The highest BCUT2D eigenvalue weighted by molar-refractivity contribution is 7.89. The number of benzene rings is 2. The first-order valence-electron chi connectivity index (χ1n) is 10.4. The first kappa shape index (κ1) is 32.3. The Morgan fingerprint density at radius 3 is 1.95 bits per heavy atom. The maximum Gasteiger partial charge on any atom is 0.435 e. The van der Waals surface area contributed by atoms with Gasteiger partial charge in [-0.3, -0.25) is 5.32 Å². The van der Waals surface area contributed by atoms with Crippen molar-refractivity contribution >= 4 is 62.3 Å². The molecule has 0 radical (unpaired) electrons. The highest BCUT2D eigenvalue weighted by Gasteiger charge is 2.73. The van der Waals surface area contributed by atoms with Crippen molar-refractivity contribution in [2.45, 2.75) is 31.5 Å². The summed E-state index contributed by atoms with van der Waals surface area (Å²) in [4.78, 5) is 0. The third-order valence-corrected chi connectivity index (χ3v) is 8.26. The fourth-order valence-corrected chi connectivity index (χ4v) is 4.83. The molecule has 0 fully saturated rings. The highest BCUT2D eigenvalue weighted by Crippen LogP contribution is 2.54. The van der Waals surface area contributed by atoms with E-state index in [0.717, 1.165) is 15.8 Å². The van der Waals surface area contributed by atoms with Crippen LogP contribution < -0.4 is 5.32 Å². The van der Waals surface area contributed by atoms with E-state index in [-0.39, 0.29) is 40.7 Å². The van der Waals surface area contributed by atoms with Gasteiger partial charge in [0.2, 0.25) is 10.0 Å². The lowest BCUT2D eigenvalue weighted by Gasteiger charge is -2.30. The number of alkyl halides is 7. The smallest absolute Gasteiger partial charge is 0.308 e. The molecule has 16 heteroatoms. The average molecular weight is 630 g/mol. The summed E-state index contributed by atoms with van der Waals surface area (Å²) in [5, 5.41) is 7.66. The van der Waals surface area contributed by atoms with Gasteiger partial charge in [-0.05, 0) is 42.3 Å². The molecule has 0 aromatic heterocycles. The standard InChI is InChI=1S/C22H19Cl3F7N3O2S/c1-3-38(36,37)35(2)11-13-6-12(4-5-16(13)23)14(9-33)10-34-19-17(24)7-15(8-18(19)25)20(26,21(27,28)29)22(30,31)32/h4-10,33-34H,3,11H2,1-2H3/p+1. The van der Waals surface area contributed by atoms with Crippen molar-refractivity contribution in [2.24, 2.45) is 0 Å². The first-order chi connectivity index (χ1) is 17.3. The van der Waals surface area contributed by atoms with Crippen LogP contribution in [0.25, 0.3) is 5.57 Å². The van der Waals surface area contributed by atoms with Gasteiger partial charge in [0.1, 0.15) is 16.2 Å². The largest absolute Gasteiger partial charge is 0.435 e. The number of allylic oxidation sites excluding steroid dienone is 1. The van der Waals surface area contributed by atoms with Gasteiger partial charge >= 0.3 is 18.0 Å². The second kappa shape index (κ2) is 11.7. The number of nitrogens with two attached hydrogens (primary N) is 1. The van der Waals surface area contributed by atoms with Crippen molar-refractivity contribution in [3.05, 3.63) is 68.3 Å². The number of sulfonamides is 1. The number of nitrogens with one attached hydrogen (secondary N) is 1. The fraction of sp³-hybridized carbons (Fsp3) is 0.318. The Balaban J connectivity index is 2.47. The van der Waals surface area contributed by atoms with Gasteiger partial charge in [0.05, 0.1) is 11.3 Å². The number of hydrogen-bond donors (Lipinski definition) is 2. The van der Waals surface area contributed by atoms with Crippen molar-refractivity contribution in [3.8, 4) is 0 Å². The van der Waals surface area contributed by atoms with Gasteiger partial charge in [-0.25, -0.2) is 17.1 Å². The van der Waals surface area contributed by atoms with Gasteiger partial charge in [0.15, 0.2) is 5.69 Å². The molecule has 0 spiro atoms. The lowest BCUT2D eigenvalue weighted by molar-refractivity contribution is -0.495. The van der Waals surface area contributed by atoms with Crippen LogP contribution in [-0.4, -0.2) is 44.1 Å². The number of hydrogen-bond acceptors (Lipinski definition) is 3. The van der Waals surface area contributed by atoms with Crippen LogP contribution in [0.5, 0.6) is 0 Å². The Morgan fingerprint density at radius 1 is 0.974 bits per heavy atom. The molecule has 0 aliphatic rings. The summed E-state index contributed by atoms with van der Waals surface area (Å²) < 4.78 is 118. The summed E-state index contributed by atoms with van der Waals surface area (Å²) in [7, 11) is -2.17. The lowest BCUT2D eigenvalue weighted by Crippen LogP contribution is -2.71. The molecule has 38 heavy (non-hydrogen) atoms. The van der Waals surface area contributed by atoms with Crippen LogP contribution in [-0.2, 0) is 22.2 Å². The van der Waals surface area contributed by atoms with Gasteiger partial charge in [-0.1, -0.05) is 40.9 Å². The minimum atomic E-state index is -6.34. The van der Waals surface area contributed by atoms with Gasteiger partial charge in [-0.15, -0.1) is 0 Å².